The number of rotatable bonds is 6. The second-order valence-electron chi connectivity index (χ2n) is 6.54. The number of hydrogen-bond acceptors (Lipinski definition) is 6. The molecular formula is C21H17ClN4O4S2. The normalized spacial score (nSPS) is 11.2. The summed E-state index contributed by atoms with van der Waals surface area (Å²) in [6.07, 6.45) is 0. The van der Waals surface area contributed by atoms with Gasteiger partial charge in [-0.1, -0.05) is 41.1 Å². The average Bonchev–Trinajstić information content (AvgIpc) is 3.15. The summed E-state index contributed by atoms with van der Waals surface area (Å²) in [4.78, 5) is 16.9. The summed E-state index contributed by atoms with van der Waals surface area (Å²) in [6.45, 7) is 0. The van der Waals surface area contributed by atoms with E-state index in [2.05, 4.69) is 20.3 Å². The Morgan fingerprint density at radius 1 is 1.03 bits per heavy atom. The van der Waals surface area contributed by atoms with Crippen LogP contribution in [0.4, 0.5) is 21.3 Å². The third-order valence-electron chi connectivity index (χ3n) is 4.33. The molecule has 8 nitrogen and oxygen atoms in total. The van der Waals surface area contributed by atoms with Crippen molar-refractivity contribution < 1.29 is 17.9 Å². The first-order chi connectivity index (χ1) is 15.3. The van der Waals surface area contributed by atoms with Crippen LogP contribution in [0.3, 0.4) is 0 Å². The van der Waals surface area contributed by atoms with Crippen LogP contribution in [0.5, 0.6) is 5.75 Å². The Hall–Kier alpha value is -3.34. The molecule has 1 aromatic heterocycles. The van der Waals surface area contributed by atoms with E-state index in [0.29, 0.717) is 32.4 Å². The van der Waals surface area contributed by atoms with E-state index in [1.165, 1.54) is 19.2 Å². The maximum absolute atomic E-state index is 12.5. The summed E-state index contributed by atoms with van der Waals surface area (Å²) in [5.41, 5.74) is 1.54. The van der Waals surface area contributed by atoms with Gasteiger partial charge in [0.1, 0.15) is 5.75 Å². The van der Waals surface area contributed by atoms with E-state index in [1.54, 1.807) is 54.6 Å². The fraction of sp³-hybridized carbons (Fsp3) is 0.0476. The minimum Gasteiger partial charge on any atom is -0.495 e. The average molecular weight is 489 g/mol. The molecule has 0 spiro atoms. The van der Waals surface area contributed by atoms with E-state index in [-0.39, 0.29) is 10.0 Å². The monoisotopic (exact) mass is 488 g/mol. The predicted molar refractivity (Wildman–Crippen MR) is 128 cm³/mol. The van der Waals surface area contributed by atoms with Crippen molar-refractivity contribution in [3.63, 3.8) is 0 Å². The Balaban J connectivity index is 1.50. The van der Waals surface area contributed by atoms with Gasteiger partial charge >= 0.3 is 6.03 Å². The van der Waals surface area contributed by atoms with Crippen LogP contribution in [0.15, 0.2) is 71.6 Å². The number of halogens is 1. The highest BCUT2D eigenvalue weighted by molar-refractivity contribution is 7.93. The lowest BCUT2D eigenvalue weighted by atomic mass is 10.3. The summed E-state index contributed by atoms with van der Waals surface area (Å²) in [7, 11) is -2.25. The van der Waals surface area contributed by atoms with Crippen LogP contribution in [0.25, 0.3) is 10.2 Å². The summed E-state index contributed by atoms with van der Waals surface area (Å²) >= 11 is 7.15. The number of fused-ring (bicyclic) bond motifs is 1. The van der Waals surface area contributed by atoms with Crippen LogP contribution in [0, 0.1) is 0 Å². The smallest absolute Gasteiger partial charge is 0.323 e. The van der Waals surface area contributed by atoms with Crippen LogP contribution in [0.1, 0.15) is 0 Å². The summed E-state index contributed by atoms with van der Waals surface area (Å²) in [5, 5.41) is 6.10. The zero-order valence-corrected chi connectivity index (χ0v) is 19.0. The highest BCUT2D eigenvalue weighted by Gasteiger charge is 2.16. The lowest BCUT2D eigenvalue weighted by Crippen LogP contribution is -2.19. The number of urea groups is 1. The Morgan fingerprint density at radius 3 is 2.56 bits per heavy atom. The third kappa shape index (κ3) is 4.93. The molecule has 32 heavy (non-hydrogen) atoms. The topological polar surface area (TPSA) is 109 Å². The van der Waals surface area contributed by atoms with Crippen molar-refractivity contribution in [1.29, 1.82) is 0 Å². The minimum absolute atomic E-state index is 0.148. The lowest BCUT2D eigenvalue weighted by Gasteiger charge is -2.11. The highest BCUT2D eigenvalue weighted by Crippen LogP contribution is 2.31. The van der Waals surface area contributed by atoms with Gasteiger partial charge in [0.15, 0.2) is 5.13 Å². The Bertz CT molecular complexity index is 1390. The highest BCUT2D eigenvalue weighted by atomic mass is 35.5. The number of aromatic nitrogens is 1. The second kappa shape index (κ2) is 9.03. The van der Waals surface area contributed by atoms with Crippen molar-refractivity contribution in [2.45, 2.75) is 4.90 Å². The van der Waals surface area contributed by atoms with Crippen molar-refractivity contribution in [2.75, 3.05) is 22.5 Å². The van der Waals surface area contributed by atoms with Crippen LogP contribution in [-0.2, 0) is 10.0 Å². The molecule has 3 N–H and O–H groups in total. The molecule has 164 valence electrons. The fourth-order valence-electron chi connectivity index (χ4n) is 2.88. The van der Waals surface area contributed by atoms with Crippen LogP contribution in [0.2, 0.25) is 5.02 Å². The molecule has 0 fully saturated rings. The van der Waals surface area contributed by atoms with Gasteiger partial charge in [0.25, 0.3) is 10.0 Å². The molecule has 0 saturated heterocycles. The van der Waals surface area contributed by atoms with Gasteiger partial charge in [-0.2, -0.15) is 0 Å². The van der Waals surface area contributed by atoms with Crippen LogP contribution < -0.4 is 20.1 Å². The van der Waals surface area contributed by atoms with Crippen LogP contribution >= 0.6 is 22.9 Å². The first-order valence-corrected chi connectivity index (χ1v) is 11.9. The van der Waals surface area contributed by atoms with Gasteiger partial charge in [-0.25, -0.2) is 18.2 Å². The second-order valence-corrected chi connectivity index (χ2v) is 9.69. The molecule has 4 rings (SSSR count). The standard InChI is InChI=1S/C21H17ClN4O4S2/c1-30-18-10-7-13(22)11-17(18)24-20(27)23-14-8-9-16-19(12-14)31-21(25-16)26-32(28,29)15-5-3-2-4-6-15/h2-12H,1H3,(H,25,26)(H2,23,24,27). The van der Waals surface area contributed by atoms with Gasteiger partial charge in [-0.15, -0.1) is 0 Å². The van der Waals surface area contributed by atoms with Gasteiger partial charge in [-0.05, 0) is 48.5 Å². The summed E-state index contributed by atoms with van der Waals surface area (Å²) < 4.78 is 33.4. The van der Waals surface area contributed by atoms with E-state index in [1.807, 2.05) is 0 Å². The first kappa shape index (κ1) is 21.9. The zero-order chi connectivity index (χ0) is 22.7. The van der Waals surface area contributed by atoms with Gasteiger partial charge < -0.3 is 15.4 Å². The van der Waals surface area contributed by atoms with Crippen molar-refractivity contribution in [1.82, 2.24) is 4.98 Å². The van der Waals surface area contributed by atoms with Gasteiger partial charge in [-0.3, -0.25) is 4.72 Å². The lowest BCUT2D eigenvalue weighted by molar-refractivity contribution is 0.262. The Morgan fingerprint density at radius 2 is 1.81 bits per heavy atom. The zero-order valence-electron chi connectivity index (χ0n) is 16.6. The molecule has 3 aromatic carbocycles. The molecule has 0 unspecified atom stereocenters. The first-order valence-electron chi connectivity index (χ1n) is 9.24. The maximum Gasteiger partial charge on any atom is 0.323 e. The van der Waals surface area contributed by atoms with Gasteiger partial charge in [0, 0.05) is 10.7 Å². The number of anilines is 3. The molecular weight excluding hydrogens is 472 g/mol. The number of ether oxygens (including phenoxy) is 1. The maximum atomic E-state index is 12.5. The number of amides is 2. The number of carbonyl (C=O) groups excluding carboxylic acids is 1. The van der Waals surface area contributed by atoms with E-state index < -0.39 is 16.1 Å². The van der Waals surface area contributed by atoms with Crippen molar-refractivity contribution in [3.8, 4) is 5.75 Å². The fourth-order valence-corrected chi connectivity index (χ4v) is 5.22. The number of hydrogen-bond donors (Lipinski definition) is 3. The number of sulfonamides is 1. The molecule has 0 radical (unpaired) electrons. The number of nitrogens with one attached hydrogen (secondary N) is 3. The third-order valence-corrected chi connectivity index (χ3v) is 6.98. The quantitative estimate of drug-likeness (QED) is 0.336. The molecule has 0 aliphatic heterocycles. The molecule has 0 saturated carbocycles. The molecule has 1 heterocycles. The number of benzene rings is 3. The van der Waals surface area contributed by atoms with Crippen molar-refractivity contribution in [3.05, 3.63) is 71.8 Å². The molecule has 4 aromatic rings. The minimum atomic E-state index is -3.74. The number of methoxy groups -OCH3 is 1. The molecule has 0 bridgehead atoms. The van der Waals surface area contributed by atoms with Crippen LogP contribution in [-0.4, -0.2) is 26.5 Å². The van der Waals surface area contributed by atoms with Gasteiger partial charge in [0.05, 0.1) is 27.9 Å². The SMILES string of the molecule is COc1ccc(Cl)cc1NC(=O)Nc1ccc2nc(NS(=O)(=O)c3ccccc3)sc2c1. The summed E-state index contributed by atoms with van der Waals surface area (Å²) in [5.74, 6) is 0.470. The van der Waals surface area contributed by atoms with E-state index in [0.717, 1.165) is 11.3 Å². The molecule has 2 amide bonds. The number of nitrogens with zero attached hydrogens (tertiary/aromatic N) is 1. The molecule has 0 aliphatic carbocycles. The van der Waals surface area contributed by atoms with Crippen molar-refractivity contribution in [2.24, 2.45) is 0 Å². The summed E-state index contributed by atoms with van der Waals surface area (Å²) in [6, 6.07) is 17.5. The molecule has 0 aliphatic rings. The molecule has 0 atom stereocenters. The van der Waals surface area contributed by atoms with E-state index in [9.17, 15) is 13.2 Å². The Labute approximate surface area is 193 Å². The Kier molecular flexibility index (Phi) is 6.17. The van der Waals surface area contributed by atoms with E-state index in [4.69, 9.17) is 16.3 Å². The number of carbonyl (C=O) groups is 1. The van der Waals surface area contributed by atoms with Gasteiger partial charge in [0.2, 0.25) is 0 Å². The van der Waals surface area contributed by atoms with E-state index >= 15 is 0 Å². The molecule has 11 heteroatoms. The van der Waals surface area contributed by atoms with Crippen molar-refractivity contribution >= 4 is 65.7 Å². The predicted octanol–water partition coefficient (Wildman–Crippen LogP) is 5.40. The number of thiazole rings is 1. The largest absolute Gasteiger partial charge is 0.495 e.